The van der Waals surface area contributed by atoms with Crippen molar-refractivity contribution in [2.24, 2.45) is 11.8 Å². The Morgan fingerprint density at radius 2 is 2.24 bits per heavy atom. The van der Waals surface area contributed by atoms with Crippen LogP contribution in [0, 0.1) is 18.8 Å². The van der Waals surface area contributed by atoms with E-state index >= 15 is 0 Å². The molecule has 2 atom stereocenters. The molecular formula is C15H20N2. The Morgan fingerprint density at radius 3 is 3.06 bits per heavy atom. The monoisotopic (exact) mass is 228 g/mol. The van der Waals surface area contributed by atoms with Crippen molar-refractivity contribution in [3.05, 3.63) is 35.7 Å². The van der Waals surface area contributed by atoms with E-state index in [1.165, 1.54) is 43.5 Å². The number of nitrogens with zero attached hydrogens (tertiary/aromatic N) is 1. The number of piperidine rings is 1. The van der Waals surface area contributed by atoms with Crippen molar-refractivity contribution in [1.29, 1.82) is 0 Å². The molecule has 1 aromatic rings. The zero-order valence-electron chi connectivity index (χ0n) is 10.4. The Morgan fingerprint density at radius 1 is 1.29 bits per heavy atom. The lowest BCUT2D eigenvalue weighted by atomic mass is 9.75. The van der Waals surface area contributed by atoms with Gasteiger partial charge in [0.1, 0.15) is 0 Å². The van der Waals surface area contributed by atoms with Crippen molar-refractivity contribution < 1.29 is 0 Å². The summed E-state index contributed by atoms with van der Waals surface area (Å²) in [5.74, 6) is 1.75. The topological polar surface area (TPSA) is 24.9 Å². The molecule has 2 nitrogen and oxygen atoms in total. The highest BCUT2D eigenvalue weighted by atomic mass is 14.9. The molecule has 1 saturated heterocycles. The van der Waals surface area contributed by atoms with Crippen LogP contribution in [-0.4, -0.2) is 18.1 Å². The van der Waals surface area contributed by atoms with Crippen molar-refractivity contribution in [1.82, 2.24) is 10.3 Å². The van der Waals surface area contributed by atoms with Gasteiger partial charge >= 0.3 is 0 Å². The van der Waals surface area contributed by atoms with Crippen LogP contribution in [0.25, 0.3) is 5.57 Å². The molecule has 2 heteroatoms. The lowest BCUT2D eigenvalue weighted by molar-refractivity contribution is 0.252. The lowest BCUT2D eigenvalue weighted by Crippen LogP contribution is -2.37. The first-order chi connectivity index (χ1) is 8.33. The summed E-state index contributed by atoms with van der Waals surface area (Å²) >= 11 is 0. The molecule has 2 heterocycles. The van der Waals surface area contributed by atoms with Crippen LogP contribution in [-0.2, 0) is 0 Å². The molecule has 0 spiro atoms. The molecule has 0 aromatic carbocycles. The maximum Gasteiger partial charge on any atom is 0.0373 e. The van der Waals surface area contributed by atoms with Gasteiger partial charge in [-0.05, 0) is 68.3 Å². The highest BCUT2D eigenvalue weighted by molar-refractivity contribution is 5.66. The Kier molecular flexibility index (Phi) is 2.98. The largest absolute Gasteiger partial charge is 0.316 e. The van der Waals surface area contributed by atoms with Gasteiger partial charge in [-0.1, -0.05) is 12.1 Å². The number of allylic oxidation sites excluding steroid dienone is 2. The molecule has 3 rings (SSSR count). The standard InChI is InChI=1S/C15H20N2/c1-11-2-3-14(10-17-11)13-5-4-12-6-7-16-9-15(12)8-13/h2-3,5,10,12,15-16H,4,6-9H2,1H3/t12-,15+/m0/s1. The molecule has 0 unspecified atom stereocenters. The third kappa shape index (κ3) is 2.27. The van der Waals surface area contributed by atoms with Gasteiger partial charge < -0.3 is 5.32 Å². The van der Waals surface area contributed by atoms with Gasteiger partial charge in [-0.2, -0.15) is 0 Å². The zero-order valence-corrected chi connectivity index (χ0v) is 10.4. The highest BCUT2D eigenvalue weighted by Crippen LogP contribution is 2.37. The van der Waals surface area contributed by atoms with Gasteiger partial charge in [0.25, 0.3) is 0 Å². The van der Waals surface area contributed by atoms with Gasteiger partial charge in [0.15, 0.2) is 0 Å². The molecule has 0 saturated carbocycles. The van der Waals surface area contributed by atoms with Crippen LogP contribution in [0.4, 0.5) is 0 Å². The predicted octanol–water partition coefficient (Wildman–Crippen LogP) is 2.79. The predicted molar refractivity (Wildman–Crippen MR) is 70.7 cm³/mol. The summed E-state index contributed by atoms with van der Waals surface area (Å²) in [6.07, 6.45) is 8.30. The van der Waals surface area contributed by atoms with E-state index in [0.717, 1.165) is 17.5 Å². The Balaban J connectivity index is 1.80. The molecule has 1 aromatic heterocycles. The molecule has 0 amide bonds. The maximum absolute atomic E-state index is 4.40. The number of nitrogens with one attached hydrogen (secondary N) is 1. The van der Waals surface area contributed by atoms with Crippen molar-refractivity contribution >= 4 is 5.57 Å². The third-order valence-corrected chi connectivity index (χ3v) is 4.20. The van der Waals surface area contributed by atoms with Crippen LogP contribution in [0.3, 0.4) is 0 Å². The van der Waals surface area contributed by atoms with E-state index in [0.29, 0.717) is 0 Å². The smallest absolute Gasteiger partial charge is 0.0373 e. The van der Waals surface area contributed by atoms with Gasteiger partial charge in [0, 0.05) is 11.9 Å². The van der Waals surface area contributed by atoms with E-state index in [9.17, 15) is 0 Å². The minimum absolute atomic E-state index is 0.838. The Labute approximate surface area is 103 Å². The molecular weight excluding hydrogens is 208 g/mol. The number of hydrogen-bond acceptors (Lipinski definition) is 2. The Hall–Kier alpha value is -1.15. The summed E-state index contributed by atoms with van der Waals surface area (Å²) in [6, 6.07) is 4.33. The normalized spacial score (nSPS) is 28.4. The van der Waals surface area contributed by atoms with Crippen LogP contribution in [0.2, 0.25) is 0 Å². The minimum atomic E-state index is 0.838. The van der Waals surface area contributed by atoms with E-state index in [1.54, 1.807) is 0 Å². The number of aromatic nitrogens is 1. The average Bonchev–Trinajstić information content (AvgIpc) is 2.39. The number of rotatable bonds is 1. The second kappa shape index (κ2) is 4.61. The van der Waals surface area contributed by atoms with E-state index in [4.69, 9.17) is 0 Å². The van der Waals surface area contributed by atoms with Gasteiger partial charge in [0.2, 0.25) is 0 Å². The van der Waals surface area contributed by atoms with E-state index in [2.05, 4.69) is 28.5 Å². The molecule has 0 radical (unpaired) electrons. The van der Waals surface area contributed by atoms with Crippen molar-refractivity contribution in [2.75, 3.05) is 13.1 Å². The first kappa shape index (κ1) is 11.0. The zero-order chi connectivity index (χ0) is 11.7. The molecule has 0 bridgehead atoms. The van der Waals surface area contributed by atoms with Gasteiger partial charge in [-0.3, -0.25) is 4.98 Å². The fraction of sp³-hybridized carbons (Fsp3) is 0.533. The summed E-state index contributed by atoms with van der Waals surface area (Å²) in [5.41, 5.74) is 3.92. The number of hydrogen-bond donors (Lipinski definition) is 1. The van der Waals surface area contributed by atoms with Gasteiger partial charge in [-0.25, -0.2) is 0 Å². The van der Waals surface area contributed by atoms with Crippen LogP contribution in [0.1, 0.15) is 30.5 Å². The lowest BCUT2D eigenvalue weighted by Gasteiger charge is -2.35. The second-order valence-corrected chi connectivity index (χ2v) is 5.37. The van der Waals surface area contributed by atoms with Crippen LogP contribution in [0.15, 0.2) is 24.4 Å². The molecule has 2 aliphatic rings. The molecule has 1 fully saturated rings. The fourth-order valence-electron chi connectivity index (χ4n) is 3.08. The van der Waals surface area contributed by atoms with Crippen molar-refractivity contribution in [3.8, 4) is 0 Å². The minimum Gasteiger partial charge on any atom is -0.316 e. The number of pyridine rings is 1. The Bertz CT molecular complexity index is 419. The quantitative estimate of drug-likeness (QED) is 0.799. The van der Waals surface area contributed by atoms with Gasteiger partial charge in [0.05, 0.1) is 0 Å². The maximum atomic E-state index is 4.40. The molecule has 1 aliphatic heterocycles. The van der Waals surface area contributed by atoms with Crippen molar-refractivity contribution in [2.45, 2.75) is 26.2 Å². The molecule has 1 N–H and O–H groups in total. The summed E-state index contributed by atoms with van der Waals surface area (Å²) in [6.45, 7) is 4.44. The second-order valence-electron chi connectivity index (χ2n) is 5.37. The van der Waals surface area contributed by atoms with Crippen LogP contribution >= 0.6 is 0 Å². The molecule has 1 aliphatic carbocycles. The highest BCUT2D eigenvalue weighted by Gasteiger charge is 2.28. The van der Waals surface area contributed by atoms with Crippen molar-refractivity contribution in [3.63, 3.8) is 0 Å². The number of aryl methyl sites for hydroxylation is 1. The van der Waals surface area contributed by atoms with E-state index < -0.39 is 0 Å². The number of fused-ring (bicyclic) bond motifs is 1. The summed E-state index contributed by atoms with van der Waals surface area (Å²) in [4.78, 5) is 4.40. The average molecular weight is 228 g/mol. The first-order valence-electron chi connectivity index (χ1n) is 6.66. The summed E-state index contributed by atoms with van der Waals surface area (Å²) in [5, 5.41) is 3.52. The van der Waals surface area contributed by atoms with E-state index in [-0.39, 0.29) is 0 Å². The van der Waals surface area contributed by atoms with E-state index in [1.807, 2.05) is 13.1 Å². The fourth-order valence-corrected chi connectivity index (χ4v) is 3.08. The molecule has 90 valence electrons. The van der Waals surface area contributed by atoms with Crippen LogP contribution < -0.4 is 5.32 Å². The third-order valence-electron chi connectivity index (χ3n) is 4.20. The summed E-state index contributed by atoms with van der Waals surface area (Å²) in [7, 11) is 0. The van der Waals surface area contributed by atoms with Gasteiger partial charge in [-0.15, -0.1) is 0 Å². The first-order valence-corrected chi connectivity index (χ1v) is 6.66. The van der Waals surface area contributed by atoms with Crippen LogP contribution in [0.5, 0.6) is 0 Å². The SMILES string of the molecule is Cc1ccc(C2=CC[C@H]3CCNC[C@H]3C2)cn1. The summed E-state index contributed by atoms with van der Waals surface area (Å²) < 4.78 is 0. The molecule has 17 heavy (non-hydrogen) atoms.